The first-order valence-corrected chi connectivity index (χ1v) is 29.7. The molecule has 2 aliphatic carbocycles. The first kappa shape index (κ1) is 56.5. The lowest BCUT2D eigenvalue weighted by Crippen LogP contribution is -2.61. The smallest absolute Gasteiger partial charge is 0.186 e. The number of Topliss-reactive ketones (excluding diaryl/α,β-unsaturated/α-hetero) is 1. The molecule has 9 atom stereocenters. The minimum absolute atomic E-state index is 0.00956. The standard InChI is InChI=1S/C62H76N2O11S2/c1-5-41-14-15-42-10-8-12-49-55(33-65)77-76-35-45-27-56(69)62(46-22-40(31-63-3)23-47(67)28-46,30-37-13-18-53(74-36-66)54(25-37)75-48-11-7-9-39(24-48)34-73-6-2)61(71)58(45)59(70)44(21-38-19-20-64-32-38)26-43-16-17-52(68)60(72-4)51(43)29-50(41)57(42)49/h8,10,12-20,22-23,25,28,32,39,44-45,48,55-56,58-59,63-70H,5-7,9,11,21,24,26-27,29-31,33-36H2,1-4H3/t39-,44+,45-,48-,55-,56+,58+,59-,62+/m0/s1. The van der Waals surface area contributed by atoms with Crippen LogP contribution in [-0.4, -0.2) is 106 Å². The Bertz CT molecular complexity index is 2950. The van der Waals surface area contributed by atoms with Crippen molar-refractivity contribution in [3.8, 4) is 28.7 Å². The van der Waals surface area contributed by atoms with Gasteiger partial charge < -0.3 is 59.9 Å². The van der Waals surface area contributed by atoms with Gasteiger partial charge in [-0.2, -0.15) is 0 Å². The number of aromatic hydroxyl groups is 2. The summed E-state index contributed by atoms with van der Waals surface area (Å²) in [6.07, 6.45) is 6.62. The summed E-state index contributed by atoms with van der Waals surface area (Å²) in [5, 5.41) is 75.9. The number of carbonyl (C=O) groups is 1. The summed E-state index contributed by atoms with van der Waals surface area (Å²) in [7, 11) is 6.43. The molecule has 0 unspecified atom stereocenters. The number of hydrogen-bond acceptors (Lipinski definition) is 14. The van der Waals surface area contributed by atoms with Crippen LogP contribution in [0.25, 0.3) is 10.8 Å². The van der Waals surface area contributed by atoms with Crippen molar-refractivity contribution in [3.05, 3.63) is 147 Å². The number of phenolic OH excluding ortho intramolecular Hbond substituents is 2. The van der Waals surface area contributed by atoms with Crippen molar-refractivity contribution in [2.45, 2.75) is 114 Å². The highest BCUT2D eigenvalue weighted by atomic mass is 33.1. The molecule has 412 valence electrons. The molecule has 77 heavy (non-hydrogen) atoms. The Morgan fingerprint density at radius 1 is 0.896 bits per heavy atom. The maximum absolute atomic E-state index is 16.7. The van der Waals surface area contributed by atoms with Crippen LogP contribution in [0.5, 0.6) is 28.7 Å². The van der Waals surface area contributed by atoms with Crippen molar-refractivity contribution in [3.63, 3.8) is 0 Å². The number of aryl methyl sites for hydroxylation is 1. The van der Waals surface area contributed by atoms with E-state index in [2.05, 4.69) is 41.5 Å². The van der Waals surface area contributed by atoms with E-state index in [0.29, 0.717) is 84.6 Å². The van der Waals surface area contributed by atoms with Gasteiger partial charge >= 0.3 is 0 Å². The molecule has 2 heterocycles. The van der Waals surface area contributed by atoms with Gasteiger partial charge in [0.15, 0.2) is 35.6 Å². The Balaban J connectivity index is 1.20. The van der Waals surface area contributed by atoms with Crippen LogP contribution in [0.4, 0.5) is 0 Å². The fourth-order valence-corrected chi connectivity index (χ4v) is 15.7. The monoisotopic (exact) mass is 1090 g/mol. The van der Waals surface area contributed by atoms with E-state index in [4.69, 9.17) is 18.9 Å². The number of aliphatic hydroxyl groups is 4. The van der Waals surface area contributed by atoms with Crippen molar-refractivity contribution < 1.29 is 54.4 Å². The number of methoxy groups -OCH3 is 1. The fraction of sp³-hybridized carbons (Fsp3) is 0.468. The molecule has 5 aromatic carbocycles. The number of H-pyrrole nitrogens is 1. The molecule has 13 nitrogen and oxygen atoms in total. The Morgan fingerprint density at radius 3 is 2.51 bits per heavy atom. The average Bonchev–Trinajstić information content (AvgIpc) is 3.95. The SMILES string of the molecule is CCOC[C@H]1CCC[C@H](Oc2cc(C[C@]3(c4cc(O)cc(CNC)c4)C(=O)[C@@H]4[C@H](CSS[C@@H](CO)c5cccc6ccc(CC)c(c56)Cc5c(ccc(O)c5OC)C[C@@H](Cc5cc[nH]c5)[C@@H]4O)C[C@H]3O)ccc2OCO)C1. The van der Waals surface area contributed by atoms with E-state index < -0.39 is 42.2 Å². The highest BCUT2D eigenvalue weighted by molar-refractivity contribution is 8.76. The van der Waals surface area contributed by atoms with Crippen molar-refractivity contribution in [1.82, 2.24) is 10.3 Å². The van der Waals surface area contributed by atoms with E-state index >= 15 is 4.79 Å². The number of fused-ring (bicyclic) bond motifs is 2. The van der Waals surface area contributed by atoms with Gasteiger partial charge in [-0.3, -0.25) is 4.79 Å². The number of ketones is 1. The van der Waals surface area contributed by atoms with E-state index in [1.54, 1.807) is 38.4 Å². The topological polar surface area (TPSA) is 203 Å². The highest BCUT2D eigenvalue weighted by Crippen LogP contribution is 2.52. The molecule has 1 aromatic heterocycles. The van der Waals surface area contributed by atoms with Crippen LogP contribution in [0.1, 0.15) is 101 Å². The highest BCUT2D eigenvalue weighted by Gasteiger charge is 2.58. The zero-order valence-electron chi connectivity index (χ0n) is 44.7. The zero-order valence-corrected chi connectivity index (χ0v) is 46.3. The number of aromatic nitrogens is 1. The summed E-state index contributed by atoms with van der Waals surface area (Å²) in [4.78, 5) is 19.9. The number of hydrogen-bond donors (Lipinski definition) is 8. The lowest BCUT2D eigenvalue weighted by molar-refractivity contribution is -0.149. The number of benzene rings is 5. The molecule has 3 aliphatic rings. The first-order chi connectivity index (χ1) is 37.4. The molecule has 0 radical (unpaired) electrons. The second kappa shape index (κ2) is 25.7. The maximum atomic E-state index is 16.7. The van der Waals surface area contributed by atoms with Crippen molar-refractivity contribution in [2.24, 2.45) is 23.7 Å². The van der Waals surface area contributed by atoms with E-state index in [1.165, 1.54) is 21.6 Å². The molecule has 8 N–H and O–H groups in total. The third-order valence-corrected chi connectivity index (χ3v) is 19.4. The minimum atomic E-state index is -1.69. The predicted octanol–water partition coefficient (Wildman–Crippen LogP) is 9.70. The Kier molecular flexibility index (Phi) is 18.9. The Hall–Kier alpha value is -5.23. The lowest BCUT2D eigenvalue weighted by Gasteiger charge is -2.49. The summed E-state index contributed by atoms with van der Waals surface area (Å²) in [5.74, 6) is -0.760. The first-order valence-electron chi connectivity index (χ1n) is 27.3. The van der Waals surface area contributed by atoms with Crippen LogP contribution in [0.15, 0.2) is 97.3 Å². The van der Waals surface area contributed by atoms with Gasteiger partial charge in [-0.15, -0.1) is 0 Å². The average molecular weight is 1090 g/mol. The van der Waals surface area contributed by atoms with Gasteiger partial charge in [0.2, 0.25) is 0 Å². The fourth-order valence-electron chi connectivity index (χ4n) is 12.9. The van der Waals surface area contributed by atoms with E-state index in [9.17, 15) is 30.6 Å². The van der Waals surface area contributed by atoms with Crippen LogP contribution < -0.4 is 19.5 Å². The number of carbonyl (C=O) groups excluding carboxylic acids is 1. The third kappa shape index (κ3) is 12.2. The van der Waals surface area contributed by atoms with Crippen molar-refractivity contribution in [2.75, 3.05) is 46.5 Å². The van der Waals surface area contributed by atoms with E-state index in [-0.39, 0.29) is 48.1 Å². The summed E-state index contributed by atoms with van der Waals surface area (Å²) in [6, 6.07) is 26.5. The summed E-state index contributed by atoms with van der Waals surface area (Å²) < 4.78 is 24.4. The summed E-state index contributed by atoms with van der Waals surface area (Å²) in [6.45, 7) is 5.03. The second-order valence-corrected chi connectivity index (χ2v) is 23.9. The number of aromatic amines is 1. The Labute approximate surface area is 460 Å². The molecule has 0 bridgehead atoms. The van der Waals surface area contributed by atoms with Gasteiger partial charge in [-0.05, 0) is 181 Å². The lowest BCUT2D eigenvalue weighted by atomic mass is 9.55. The van der Waals surface area contributed by atoms with Gasteiger partial charge in [-0.25, -0.2) is 0 Å². The maximum Gasteiger partial charge on any atom is 0.186 e. The van der Waals surface area contributed by atoms with Gasteiger partial charge in [-0.1, -0.05) is 77.0 Å². The number of rotatable bonds is 17. The van der Waals surface area contributed by atoms with E-state index in [0.717, 1.165) is 76.3 Å². The quantitative estimate of drug-likeness (QED) is 0.0317. The van der Waals surface area contributed by atoms with Gasteiger partial charge in [0.05, 0.1) is 42.7 Å². The molecular formula is C62H76N2O11S2. The second-order valence-electron chi connectivity index (χ2n) is 21.3. The molecule has 15 heteroatoms. The van der Waals surface area contributed by atoms with Gasteiger partial charge in [0, 0.05) is 55.8 Å². The molecule has 0 saturated heterocycles. The number of phenols is 2. The van der Waals surface area contributed by atoms with Crippen LogP contribution >= 0.6 is 21.6 Å². The molecular weight excluding hydrogens is 1010 g/mol. The zero-order chi connectivity index (χ0) is 54.2. The molecule has 2 fully saturated rings. The van der Waals surface area contributed by atoms with Crippen molar-refractivity contribution >= 4 is 38.1 Å². The van der Waals surface area contributed by atoms with Crippen LogP contribution in [0.2, 0.25) is 0 Å². The van der Waals surface area contributed by atoms with Crippen molar-refractivity contribution in [1.29, 1.82) is 0 Å². The summed E-state index contributed by atoms with van der Waals surface area (Å²) in [5.41, 5.74) is 5.84. The van der Waals surface area contributed by atoms with Crippen LogP contribution in [0, 0.1) is 23.7 Å². The molecule has 2 saturated carbocycles. The molecule has 0 spiro atoms. The van der Waals surface area contributed by atoms with Gasteiger partial charge in [0.25, 0.3) is 0 Å². The van der Waals surface area contributed by atoms with E-state index in [1.807, 2.05) is 55.7 Å². The Morgan fingerprint density at radius 2 is 1.75 bits per heavy atom. The number of nitrogens with one attached hydrogen (secondary N) is 2. The largest absolute Gasteiger partial charge is 0.508 e. The number of aliphatic hydroxyl groups excluding tert-OH is 4. The third-order valence-electron chi connectivity index (χ3n) is 16.5. The molecule has 9 rings (SSSR count). The van der Waals surface area contributed by atoms with Crippen LogP contribution in [-0.2, 0) is 53.6 Å². The molecule has 6 aromatic rings. The van der Waals surface area contributed by atoms with Gasteiger partial charge in [0.1, 0.15) is 5.75 Å². The summed E-state index contributed by atoms with van der Waals surface area (Å²) >= 11 is 0. The van der Waals surface area contributed by atoms with Crippen LogP contribution in [0.3, 0.4) is 0 Å². The normalized spacial score (nSPS) is 25.1. The molecule has 0 amide bonds. The minimum Gasteiger partial charge on any atom is -0.508 e. The predicted molar refractivity (Wildman–Crippen MR) is 304 cm³/mol. The molecule has 1 aliphatic heterocycles. The number of ether oxygens (including phenoxy) is 4.